The number of rotatable bonds is 6. The van der Waals surface area contributed by atoms with E-state index in [4.69, 9.17) is 0 Å². The van der Waals surface area contributed by atoms with Crippen LogP contribution in [-0.4, -0.2) is 41.3 Å². The molecule has 0 aliphatic carbocycles. The lowest BCUT2D eigenvalue weighted by atomic mass is 9.84. The van der Waals surface area contributed by atoms with E-state index in [1.54, 1.807) is 19.2 Å². The van der Waals surface area contributed by atoms with Crippen molar-refractivity contribution in [3.05, 3.63) is 53.1 Å². The van der Waals surface area contributed by atoms with E-state index >= 15 is 0 Å². The molecule has 148 valence electrons. The van der Waals surface area contributed by atoms with Gasteiger partial charge < -0.3 is 10.2 Å². The number of nitrogens with zero attached hydrogens (tertiary/aromatic N) is 4. The zero-order chi connectivity index (χ0) is 20.2. The summed E-state index contributed by atoms with van der Waals surface area (Å²) in [6.07, 6.45) is 2.07. The standard InChI is InChI=1S/C21H32FN5/c1-15(2)19-16(13-27(7)25-19)12-26(6)20(23-5)24-14-21(3,4)17-9-8-10-18(22)11-17/h8-11,13,15H,12,14H2,1-7H3,(H,23,24). The summed E-state index contributed by atoms with van der Waals surface area (Å²) in [5.41, 5.74) is 3.04. The van der Waals surface area contributed by atoms with Crippen molar-refractivity contribution in [1.82, 2.24) is 20.0 Å². The smallest absolute Gasteiger partial charge is 0.193 e. The third-order valence-electron chi connectivity index (χ3n) is 4.76. The Morgan fingerprint density at radius 3 is 2.67 bits per heavy atom. The summed E-state index contributed by atoms with van der Waals surface area (Å²) in [5.74, 6) is 0.967. The highest BCUT2D eigenvalue weighted by Gasteiger charge is 2.22. The molecule has 0 spiro atoms. The van der Waals surface area contributed by atoms with Crippen LogP contribution in [0.25, 0.3) is 0 Å². The van der Waals surface area contributed by atoms with Crippen LogP contribution >= 0.6 is 0 Å². The van der Waals surface area contributed by atoms with Crippen LogP contribution in [0.4, 0.5) is 4.39 Å². The van der Waals surface area contributed by atoms with Crippen molar-refractivity contribution in [3.63, 3.8) is 0 Å². The molecule has 5 nitrogen and oxygen atoms in total. The number of aliphatic imine (C=N–C) groups is 1. The molecule has 0 aliphatic rings. The number of hydrogen-bond donors (Lipinski definition) is 1. The quantitative estimate of drug-likeness (QED) is 0.621. The van der Waals surface area contributed by atoms with Gasteiger partial charge in [0.1, 0.15) is 5.82 Å². The van der Waals surface area contributed by atoms with Gasteiger partial charge >= 0.3 is 0 Å². The van der Waals surface area contributed by atoms with Crippen molar-refractivity contribution in [1.29, 1.82) is 0 Å². The van der Waals surface area contributed by atoms with Crippen LogP contribution in [0.15, 0.2) is 35.5 Å². The first-order chi connectivity index (χ1) is 12.6. The highest BCUT2D eigenvalue weighted by atomic mass is 19.1. The Labute approximate surface area is 162 Å². The van der Waals surface area contributed by atoms with Crippen molar-refractivity contribution in [2.45, 2.75) is 45.6 Å². The molecule has 0 fully saturated rings. The summed E-state index contributed by atoms with van der Waals surface area (Å²) in [6, 6.07) is 6.78. The van der Waals surface area contributed by atoms with Gasteiger partial charge in [-0.25, -0.2) is 4.39 Å². The van der Waals surface area contributed by atoms with E-state index in [1.807, 2.05) is 24.8 Å². The van der Waals surface area contributed by atoms with Crippen molar-refractivity contribution >= 4 is 5.96 Å². The summed E-state index contributed by atoms with van der Waals surface area (Å²) >= 11 is 0. The molecule has 6 heteroatoms. The Kier molecular flexibility index (Phi) is 6.63. The van der Waals surface area contributed by atoms with Gasteiger partial charge in [0.2, 0.25) is 0 Å². The summed E-state index contributed by atoms with van der Waals surface area (Å²) in [5, 5.41) is 8.01. The monoisotopic (exact) mass is 373 g/mol. The Morgan fingerprint density at radius 2 is 2.07 bits per heavy atom. The second-order valence-corrected chi connectivity index (χ2v) is 8.02. The van der Waals surface area contributed by atoms with Crippen molar-refractivity contribution in [3.8, 4) is 0 Å². The average molecular weight is 374 g/mol. The Bertz CT molecular complexity index is 792. The molecule has 0 bridgehead atoms. The van der Waals surface area contributed by atoms with E-state index in [0.717, 1.165) is 23.8 Å². The molecular weight excluding hydrogens is 341 g/mol. The summed E-state index contributed by atoms with van der Waals surface area (Å²) in [7, 11) is 5.74. The van der Waals surface area contributed by atoms with Crippen LogP contribution in [0.3, 0.4) is 0 Å². The predicted octanol–water partition coefficient (Wildman–Crippen LogP) is 3.67. The fourth-order valence-corrected chi connectivity index (χ4v) is 3.19. The van der Waals surface area contributed by atoms with Gasteiger partial charge in [-0.15, -0.1) is 0 Å². The fraction of sp³-hybridized carbons (Fsp3) is 0.524. The first-order valence-corrected chi connectivity index (χ1v) is 9.34. The van der Waals surface area contributed by atoms with Gasteiger partial charge in [-0.2, -0.15) is 5.10 Å². The van der Waals surface area contributed by atoms with Crippen LogP contribution in [0.5, 0.6) is 0 Å². The number of guanidine groups is 1. The maximum Gasteiger partial charge on any atom is 0.193 e. The number of aryl methyl sites for hydroxylation is 1. The molecule has 0 unspecified atom stereocenters. The molecule has 0 saturated heterocycles. The van der Waals surface area contributed by atoms with Gasteiger partial charge in [-0.3, -0.25) is 9.67 Å². The van der Waals surface area contributed by atoms with Gasteiger partial charge in [-0.1, -0.05) is 39.8 Å². The van der Waals surface area contributed by atoms with Crippen molar-refractivity contribution < 1.29 is 4.39 Å². The Morgan fingerprint density at radius 1 is 1.37 bits per heavy atom. The van der Waals surface area contributed by atoms with Crippen LogP contribution in [0.2, 0.25) is 0 Å². The molecule has 0 amide bonds. The molecule has 0 aliphatic heterocycles. The second-order valence-electron chi connectivity index (χ2n) is 8.02. The largest absolute Gasteiger partial charge is 0.355 e. The lowest BCUT2D eigenvalue weighted by molar-refractivity contribution is 0.446. The molecule has 1 aromatic heterocycles. The maximum atomic E-state index is 13.6. The highest BCUT2D eigenvalue weighted by Crippen LogP contribution is 2.23. The topological polar surface area (TPSA) is 45.5 Å². The third kappa shape index (κ3) is 5.31. The first-order valence-electron chi connectivity index (χ1n) is 9.34. The zero-order valence-electron chi connectivity index (χ0n) is 17.5. The van der Waals surface area contributed by atoms with Gasteiger partial charge in [0.05, 0.1) is 5.69 Å². The predicted molar refractivity (Wildman–Crippen MR) is 110 cm³/mol. The summed E-state index contributed by atoms with van der Waals surface area (Å²) in [6.45, 7) is 9.87. The molecule has 1 N–H and O–H groups in total. The minimum absolute atomic E-state index is 0.208. The lowest BCUT2D eigenvalue weighted by Crippen LogP contribution is -2.44. The van der Waals surface area contributed by atoms with Gasteiger partial charge in [0.25, 0.3) is 0 Å². The van der Waals surface area contributed by atoms with E-state index in [9.17, 15) is 4.39 Å². The lowest BCUT2D eigenvalue weighted by Gasteiger charge is -2.29. The Hall–Kier alpha value is -2.37. The van der Waals surface area contributed by atoms with E-state index < -0.39 is 0 Å². The maximum absolute atomic E-state index is 13.6. The van der Waals surface area contributed by atoms with Crippen molar-refractivity contribution in [2.75, 3.05) is 20.6 Å². The molecule has 1 aromatic carbocycles. The summed E-state index contributed by atoms with van der Waals surface area (Å²) in [4.78, 5) is 6.50. The second kappa shape index (κ2) is 8.55. The minimum atomic E-state index is -0.226. The molecule has 0 atom stereocenters. The molecule has 0 radical (unpaired) electrons. The van der Waals surface area contributed by atoms with Gasteiger partial charge in [-0.05, 0) is 23.6 Å². The van der Waals surface area contributed by atoms with E-state index in [-0.39, 0.29) is 11.2 Å². The number of benzene rings is 1. The van der Waals surface area contributed by atoms with Crippen LogP contribution in [-0.2, 0) is 19.0 Å². The zero-order valence-corrected chi connectivity index (χ0v) is 17.5. The molecule has 2 aromatic rings. The SMILES string of the molecule is CN=C(NCC(C)(C)c1cccc(F)c1)N(C)Cc1cn(C)nc1C(C)C. The summed E-state index contributed by atoms with van der Waals surface area (Å²) < 4.78 is 15.4. The van der Waals surface area contributed by atoms with Gasteiger partial charge in [0, 0.05) is 51.4 Å². The molecule has 0 saturated carbocycles. The number of aromatic nitrogens is 2. The molecular formula is C21H32FN5. The van der Waals surface area contributed by atoms with Crippen LogP contribution < -0.4 is 5.32 Å². The Balaban J connectivity index is 2.06. The van der Waals surface area contributed by atoms with E-state index in [2.05, 4.69) is 54.2 Å². The molecule has 27 heavy (non-hydrogen) atoms. The number of hydrogen-bond acceptors (Lipinski definition) is 2. The first kappa shape index (κ1) is 20.9. The number of nitrogens with one attached hydrogen (secondary N) is 1. The van der Waals surface area contributed by atoms with E-state index in [1.165, 1.54) is 11.6 Å². The van der Waals surface area contributed by atoms with Crippen LogP contribution in [0.1, 0.15) is 50.4 Å². The fourth-order valence-electron chi connectivity index (χ4n) is 3.19. The normalized spacial score (nSPS) is 12.6. The molecule has 2 rings (SSSR count). The van der Waals surface area contributed by atoms with Gasteiger partial charge in [0.15, 0.2) is 5.96 Å². The van der Waals surface area contributed by atoms with E-state index in [0.29, 0.717) is 12.5 Å². The highest BCUT2D eigenvalue weighted by molar-refractivity contribution is 5.79. The third-order valence-corrected chi connectivity index (χ3v) is 4.76. The average Bonchev–Trinajstić information content (AvgIpc) is 2.96. The van der Waals surface area contributed by atoms with Crippen molar-refractivity contribution in [2.24, 2.45) is 12.0 Å². The minimum Gasteiger partial charge on any atom is -0.355 e. The molecule has 1 heterocycles. The number of halogens is 1. The van der Waals surface area contributed by atoms with Crippen LogP contribution in [0, 0.1) is 5.82 Å².